The van der Waals surface area contributed by atoms with Crippen LogP contribution in [0.3, 0.4) is 0 Å². The first-order valence-electron chi connectivity index (χ1n) is 7.31. The van der Waals surface area contributed by atoms with Crippen LogP contribution in [-0.2, 0) is 11.2 Å². The fourth-order valence-corrected chi connectivity index (χ4v) is 5.34. The topological polar surface area (TPSA) is 46.5 Å². The number of fused-ring (bicyclic) bond motifs is 2. The molecule has 0 saturated heterocycles. The molecule has 0 bridgehead atoms. The highest BCUT2D eigenvalue weighted by molar-refractivity contribution is 8.01. The van der Waals surface area contributed by atoms with E-state index in [2.05, 4.69) is 24.3 Å². The SMILES string of the molecule is COC(=O)c1cc2c(s1)Sc1ccccc1[C@@H](CCCO)C2. The molecule has 5 heteroatoms. The summed E-state index contributed by atoms with van der Waals surface area (Å²) >= 11 is 3.25. The summed E-state index contributed by atoms with van der Waals surface area (Å²) in [4.78, 5) is 13.7. The Morgan fingerprint density at radius 2 is 2.23 bits per heavy atom. The second-order valence-corrected chi connectivity index (χ2v) is 7.68. The smallest absolute Gasteiger partial charge is 0.348 e. The molecule has 0 aliphatic carbocycles. The van der Waals surface area contributed by atoms with E-state index in [1.807, 2.05) is 6.07 Å². The number of aliphatic hydroxyl groups excluding tert-OH is 1. The van der Waals surface area contributed by atoms with E-state index in [1.165, 1.54) is 38.7 Å². The minimum atomic E-state index is -0.265. The number of esters is 1. The third-order valence-corrected chi connectivity index (χ3v) is 6.39. The van der Waals surface area contributed by atoms with E-state index in [1.54, 1.807) is 11.8 Å². The van der Waals surface area contributed by atoms with Gasteiger partial charge in [-0.1, -0.05) is 30.0 Å². The molecular weight excluding hydrogens is 316 g/mol. The van der Waals surface area contributed by atoms with Crippen molar-refractivity contribution in [2.75, 3.05) is 13.7 Å². The van der Waals surface area contributed by atoms with Crippen molar-refractivity contribution in [1.82, 2.24) is 0 Å². The third kappa shape index (κ3) is 3.07. The van der Waals surface area contributed by atoms with Crippen LogP contribution in [0.25, 0.3) is 0 Å². The van der Waals surface area contributed by atoms with Gasteiger partial charge in [0, 0.05) is 11.5 Å². The first-order valence-corrected chi connectivity index (χ1v) is 8.95. The molecule has 0 amide bonds. The Kier molecular flexibility index (Phi) is 4.86. The van der Waals surface area contributed by atoms with Gasteiger partial charge in [-0.25, -0.2) is 4.79 Å². The minimum Gasteiger partial charge on any atom is -0.465 e. The van der Waals surface area contributed by atoms with Crippen molar-refractivity contribution in [3.8, 4) is 0 Å². The van der Waals surface area contributed by atoms with Crippen LogP contribution in [0.15, 0.2) is 39.4 Å². The number of thiophene rings is 1. The summed E-state index contributed by atoms with van der Waals surface area (Å²) in [5.74, 6) is 0.121. The van der Waals surface area contributed by atoms with Gasteiger partial charge in [-0.15, -0.1) is 11.3 Å². The van der Waals surface area contributed by atoms with Crippen LogP contribution in [0.2, 0.25) is 0 Å². The Labute approximate surface area is 138 Å². The van der Waals surface area contributed by atoms with Crippen LogP contribution in [0.1, 0.15) is 39.6 Å². The van der Waals surface area contributed by atoms with Crippen LogP contribution >= 0.6 is 23.1 Å². The van der Waals surface area contributed by atoms with Gasteiger partial charge in [0.15, 0.2) is 0 Å². The number of ether oxygens (including phenoxy) is 1. The zero-order chi connectivity index (χ0) is 15.5. The van der Waals surface area contributed by atoms with Gasteiger partial charge in [0.05, 0.1) is 11.3 Å². The standard InChI is InChI=1S/C17H18O3S2/c1-20-16(19)15-10-12-9-11(5-4-8-18)13-6-2-3-7-14(13)21-17(12)22-15/h2-3,6-7,10-11,18H,4-5,8-9H2,1H3/t11-/m0/s1. The molecule has 1 aliphatic heterocycles. The van der Waals surface area contributed by atoms with Crippen molar-refractivity contribution in [1.29, 1.82) is 0 Å². The maximum Gasteiger partial charge on any atom is 0.348 e. The van der Waals surface area contributed by atoms with Crippen LogP contribution in [0.4, 0.5) is 0 Å². The molecule has 1 aliphatic rings. The number of aliphatic hydroxyl groups is 1. The van der Waals surface area contributed by atoms with Crippen molar-refractivity contribution in [2.45, 2.75) is 34.3 Å². The van der Waals surface area contributed by atoms with Gasteiger partial charge in [0.2, 0.25) is 0 Å². The molecular formula is C17H18O3S2. The highest BCUT2D eigenvalue weighted by Crippen LogP contribution is 2.46. The van der Waals surface area contributed by atoms with E-state index >= 15 is 0 Å². The highest BCUT2D eigenvalue weighted by Gasteiger charge is 2.25. The summed E-state index contributed by atoms with van der Waals surface area (Å²) in [5, 5.41) is 9.15. The van der Waals surface area contributed by atoms with E-state index in [-0.39, 0.29) is 12.6 Å². The largest absolute Gasteiger partial charge is 0.465 e. The number of rotatable bonds is 4. The van der Waals surface area contributed by atoms with Crippen molar-refractivity contribution in [2.24, 2.45) is 0 Å². The molecule has 116 valence electrons. The molecule has 0 fully saturated rings. The molecule has 1 N–H and O–H groups in total. The molecule has 0 spiro atoms. The number of carbonyl (C=O) groups excluding carboxylic acids is 1. The summed E-state index contributed by atoms with van der Waals surface area (Å²) in [6.45, 7) is 0.218. The fourth-order valence-electron chi connectivity index (χ4n) is 2.82. The average molecular weight is 334 g/mol. The number of carbonyl (C=O) groups is 1. The fraction of sp³-hybridized carbons (Fsp3) is 0.353. The number of hydrogen-bond donors (Lipinski definition) is 1. The van der Waals surface area contributed by atoms with Gasteiger partial charge in [-0.2, -0.15) is 0 Å². The van der Waals surface area contributed by atoms with Crippen LogP contribution in [-0.4, -0.2) is 24.8 Å². The zero-order valence-corrected chi connectivity index (χ0v) is 14.0. The van der Waals surface area contributed by atoms with Gasteiger partial charge in [0.25, 0.3) is 0 Å². The second kappa shape index (κ2) is 6.86. The van der Waals surface area contributed by atoms with E-state index in [4.69, 9.17) is 9.84 Å². The Morgan fingerprint density at radius 3 is 3.00 bits per heavy atom. The molecule has 1 aromatic heterocycles. The van der Waals surface area contributed by atoms with Crippen molar-refractivity contribution in [3.05, 3.63) is 46.3 Å². The predicted molar refractivity (Wildman–Crippen MR) is 89.0 cm³/mol. The lowest BCUT2D eigenvalue weighted by Gasteiger charge is -2.16. The Morgan fingerprint density at radius 1 is 1.41 bits per heavy atom. The summed E-state index contributed by atoms with van der Waals surface area (Å²) < 4.78 is 6.02. The molecule has 22 heavy (non-hydrogen) atoms. The molecule has 0 radical (unpaired) electrons. The van der Waals surface area contributed by atoms with Crippen LogP contribution in [0.5, 0.6) is 0 Å². The number of hydrogen-bond acceptors (Lipinski definition) is 5. The molecule has 3 rings (SSSR count). The first-order chi connectivity index (χ1) is 10.7. The molecule has 0 unspecified atom stereocenters. The lowest BCUT2D eigenvalue weighted by molar-refractivity contribution is 0.0606. The van der Waals surface area contributed by atoms with Gasteiger partial charge >= 0.3 is 5.97 Å². The summed E-state index contributed by atoms with van der Waals surface area (Å²) in [5.41, 5.74) is 2.57. The van der Waals surface area contributed by atoms with Gasteiger partial charge in [-0.3, -0.25) is 0 Å². The van der Waals surface area contributed by atoms with E-state index in [9.17, 15) is 4.79 Å². The minimum absolute atomic E-state index is 0.218. The van der Waals surface area contributed by atoms with Crippen molar-refractivity contribution < 1.29 is 14.6 Å². The predicted octanol–water partition coefficient (Wildman–Crippen LogP) is 4.10. The Hall–Kier alpha value is -1.30. The van der Waals surface area contributed by atoms with Gasteiger partial charge in [0.1, 0.15) is 4.88 Å². The lowest BCUT2D eigenvalue weighted by atomic mass is 9.89. The maximum absolute atomic E-state index is 11.8. The van der Waals surface area contributed by atoms with Gasteiger partial charge in [-0.05, 0) is 48.4 Å². The normalized spacial score (nSPS) is 16.5. The average Bonchev–Trinajstić information content (AvgIpc) is 2.87. The van der Waals surface area contributed by atoms with Crippen LogP contribution in [0, 0.1) is 0 Å². The molecule has 3 nitrogen and oxygen atoms in total. The first kappa shape index (κ1) is 15.6. The van der Waals surface area contributed by atoms with E-state index in [0.717, 1.165) is 19.3 Å². The second-order valence-electron chi connectivity index (χ2n) is 5.32. The van der Waals surface area contributed by atoms with E-state index in [0.29, 0.717) is 10.8 Å². The highest BCUT2D eigenvalue weighted by atomic mass is 32.2. The Balaban J connectivity index is 1.98. The zero-order valence-electron chi connectivity index (χ0n) is 12.4. The third-order valence-electron chi connectivity index (χ3n) is 3.90. The summed E-state index contributed by atoms with van der Waals surface area (Å²) in [7, 11) is 1.42. The number of benzene rings is 1. The molecule has 1 atom stereocenters. The molecule has 1 aromatic carbocycles. The molecule has 2 aromatic rings. The Bertz CT molecular complexity index is 678. The quantitative estimate of drug-likeness (QED) is 0.855. The summed E-state index contributed by atoms with van der Waals surface area (Å²) in [6.07, 6.45) is 2.66. The lowest BCUT2D eigenvalue weighted by Crippen LogP contribution is -2.04. The van der Waals surface area contributed by atoms with Crippen molar-refractivity contribution >= 4 is 29.1 Å². The summed E-state index contributed by atoms with van der Waals surface area (Å²) in [6, 6.07) is 10.4. The van der Waals surface area contributed by atoms with Crippen molar-refractivity contribution in [3.63, 3.8) is 0 Å². The number of methoxy groups -OCH3 is 1. The van der Waals surface area contributed by atoms with Crippen LogP contribution < -0.4 is 0 Å². The van der Waals surface area contributed by atoms with E-state index < -0.39 is 0 Å². The maximum atomic E-state index is 11.8. The van der Waals surface area contributed by atoms with Gasteiger partial charge < -0.3 is 9.84 Å². The monoisotopic (exact) mass is 334 g/mol. The molecule has 0 saturated carbocycles. The molecule has 2 heterocycles.